The summed E-state index contributed by atoms with van der Waals surface area (Å²) in [5.74, 6) is 0.307. The number of sulfonamides is 1. The van der Waals surface area contributed by atoms with E-state index in [1.807, 2.05) is 26.0 Å². The Hall–Kier alpha value is -2.74. The fourth-order valence-corrected chi connectivity index (χ4v) is 4.05. The molecule has 0 atom stereocenters. The van der Waals surface area contributed by atoms with Crippen LogP contribution in [0.5, 0.6) is 11.5 Å². The lowest BCUT2D eigenvalue weighted by Gasteiger charge is -2.24. The summed E-state index contributed by atoms with van der Waals surface area (Å²) in [7, 11) is 0.0466. The van der Waals surface area contributed by atoms with Gasteiger partial charge in [0.2, 0.25) is 0 Å². The molecule has 8 heteroatoms. The Morgan fingerprint density at radius 1 is 0.964 bits per heavy atom. The van der Waals surface area contributed by atoms with Gasteiger partial charge in [-0.25, -0.2) is 8.42 Å². The molecule has 0 aliphatic rings. The van der Waals surface area contributed by atoms with Crippen LogP contribution in [-0.4, -0.2) is 42.3 Å². The molecule has 0 aliphatic heterocycles. The van der Waals surface area contributed by atoms with Crippen molar-refractivity contribution in [2.75, 3.05) is 32.2 Å². The third kappa shape index (κ3) is 4.56. The molecule has 0 aromatic heterocycles. The summed E-state index contributed by atoms with van der Waals surface area (Å²) in [5, 5.41) is 0. The summed E-state index contributed by atoms with van der Waals surface area (Å²) in [4.78, 5) is 11.9. The minimum Gasteiger partial charge on any atom is -0.493 e. The Morgan fingerprint density at radius 3 is 2.07 bits per heavy atom. The fourth-order valence-electron chi connectivity index (χ4n) is 2.63. The smallest absolute Gasteiger partial charge is 0.326 e. The third-order valence-corrected chi connectivity index (χ3v) is 6.06. The molecule has 0 heterocycles. The lowest BCUT2D eigenvalue weighted by molar-refractivity contribution is -0.138. The molecule has 0 spiro atoms. The second kappa shape index (κ2) is 8.97. The Kier molecular flexibility index (Phi) is 6.90. The highest BCUT2D eigenvalue weighted by molar-refractivity contribution is 7.92. The van der Waals surface area contributed by atoms with Gasteiger partial charge in [0.25, 0.3) is 10.0 Å². The highest BCUT2D eigenvalue weighted by atomic mass is 32.2. The molecule has 0 fully saturated rings. The first-order valence-corrected chi connectivity index (χ1v) is 10.1. The number of anilines is 1. The van der Waals surface area contributed by atoms with E-state index in [4.69, 9.17) is 9.47 Å². The molecule has 7 nitrogen and oxygen atoms in total. The van der Waals surface area contributed by atoms with Crippen LogP contribution < -0.4 is 13.8 Å². The summed E-state index contributed by atoms with van der Waals surface area (Å²) >= 11 is 0. The zero-order valence-electron chi connectivity index (χ0n) is 16.6. The fraction of sp³-hybridized carbons (Fsp3) is 0.350. The van der Waals surface area contributed by atoms with Gasteiger partial charge in [0.05, 0.1) is 31.9 Å². The number of carbonyl (C=O) groups is 1. The van der Waals surface area contributed by atoms with E-state index >= 15 is 0 Å². The Balaban J connectivity index is 2.54. The van der Waals surface area contributed by atoms with Crippen LogP contribution in [0.1, 0.15) is 25.3 Å². The molecule has 28 heavy (non-hydrogen) atoms. The SMILES string of the molecule is COC(=O)CN(c1ccc(C(C)C)cc1)S(=O)(=O)c1ccc(OC)c(OC)c1. The topological polar surface area (TPSA) is 82.1 Å². The standard InChI is InChI=1S/C20H25NO6S/c1-14(2)15-6-8-16(9-7-15)21(13-20(22)27-5)28(23,24)17-10-11-18(25-3)19(12-17)26-4/h6-12,14H,13H2,1-5H3. The van der Waals surface area contributed by atoms with Crippen molar-refractivity contribution < 1.29 is 27.4 Å². The molecule has 0 N–H and O–H groups in total. The lowest BCUT2D eigenvalue weighted by Crippen LogP contribution is -2.36. The predicted octanol–water partition coefficient (Wildman–Crippen LogP) is 3.20. The van der Waals surface area contributed by atoms with Crippen LogP contribution in [0.3, 0.4) is 0 Å². The van der Waals surface area contributed by atoms with Crippen molar-refractivity contribution in [2.24, 2.45) is 0 Å². The minimum absolute atomic E-state index is 0.0259. The maximum absolute atomic E-state index is 13.3. The van der Waals surface area contributed by atoms with Crippen molar-refractivity contribution in [3.8, 4) is 11.5 Å². The molecule has 2 aromatic carbocycles. The van der Waals surface area contributed by atoms with Crippen LogP contribution in [-0.2, 0) is 19.6 Å². The normalized spacial score (nSPS) is 11.2. The van der Waals surface area contributed by atoms with Crippen LogP contribution in [0.4, 0.5) is 5.69 Å². The number of methoxy groups -OCH3 is 3. The zero-order valence-corrected chi connectivity index (χ0v) is 17.4. The molecule has 2 aromatic rings. The van der Waals surface area contributed by atoms with Crippen LogP contribution in [0.2, 0.25) is 0 Å². The Bertz CT molecular complexity index is 922. The zero-order chi connectivity index (χ0) is 20.9. The first-order chi connectivity index (χ1) is 13.2. The molecule has 0 saturated heterocycles. The first-order valence-electron chi connectivity index (χ1n) is 8.66. The molecule has 0 bridgehead atoms. The maximum atomic E-state index is 13.3. The monoisotopic (exact) mass is 407 g/mol. The Morgan fingerprint density at radius 2 is 1.57 bits per heavy atom. The van der Waals surface area contributed by atoms with Crippen molar-refractivity contribution in [1.82, 2.24) is 0 Å². The number of hydrogen-bond acceptors (Lipinski definition) is 6. The van der Waals surface area contributed by atoms with E-state index in [1.54, 1.807) is 12.1 Å². The number of esters is 1. The quantitative estimate of drug-likeness (QED) is 0.625. The van der Waals surface area contributed by atoms with E-state index < -0.39 is 22.5 Å². The molecule has 2 rings (SSSR count). The summed E-state index contributed by atoms with van der Waals surface area (Å²) < 4.78 is 42.7. The van der Waals surface area contributed by atoms with Gasteiger partial charge in [-0.2, -0.15) is 0 Å². The number of hydrogen-bond donors (Lipinski definition) is 0. The van der Waals surface area contributed by atoms with Gasteiger partial charge in [0, 0.05) is 6.07 Å². The first kappa shape index (κ1) is 21.6. The largest absolute Gasteiger partial charge is 0.493 e. The number of benzene rings is 2. The van der Waals surface area contributed by atoms with Gasteiger partial charge >= 0.3 is 5.97 Å². The molecular weight excluding hydrogens is 382 g/mol. The summed E-state index contributed by atoms with van der Waals surface area (Å²) in [6.45, 7) is 3.64. The second-order valence-electron chi connectivity index (χ2n) is 6.35. The number of rotatable bonds is 8. The average molecular weight is 407 g/mol. The van der Waals surface area contributed by atoms with Crippen molar-refractivity contribution in [1.29, 1.82) is 0 Å². The summed E-state index contributed by atoms with van der Waals surface area (Å²) in [6.07, 6.45) is 0. The number of ether oxygens (including phenoxy) is 3. The van der Waals surface area contributed by atoms with Gasteiger partial charge < -0.3 is 14.2 Å². The van der Waals surface area contributed by atoms with Gasteiger partial charge in [-0.05, 0) is 35.7 Å². The third-order valence-electron chi connectivity index (χ3n) is 4.29. The van der Waals surface area contributed by atoms with Gasteiger partial charge in [0.1, 0.15) is 6.54 Å². The van der Waals surface area contributed by atoms with Gasteiger partial charge in [-0.3, -0.25) is 9.10 Å². The van der Waals surface area contributed by atoms with E-state index in [1.165, 1.54) is 39.5 Å². The van der Waals surface area contributed by atoms with Gasteiger partial charge in [-0.15, -0.1) is 0 Å². The van der Waals surface area contributed by atoms with Gasteiger partial charge in [0.15, 0.2) is 11.5 Å². The van der Waals surface area contributed by atoms with Crippen molar-refractivity contribution in [2.45, 2.75) is 24.7 Å². The van der Waals surface area contributed by atoms with E-state index in [0.29, 0.717) is 17.4 Å². The van der Waals surface area contributed by atoms with E-state index in [-0.39, 0.29) is 10.6 Å². The molecular formula is C20H25NO6S. The molecule has 0 saturated carbocycles. The van der Waals surface area contributed by atoms with Gasteiger partial charge in [-0.1, -0.05) is 26.0 Å². The van der Waals surface area contributed by atoms with Crippen LogP contribution in [0, 0.1) is 0 Å². The minimum atomic E-state index is -4.05. The predicted molar refractivity (Wildman–Crippen MR) is 107 cm³/mol. The molecule has 0 unspecified atom stereocenters. The average Bonchev–Trinajstić information content (AvgIpc) is 2.71. The van der Waals surface area contributed by atoms with E-state index in [0.717, 1.165) is 9.87 Å². The van der Waals surface area contributed by atoms with Crippen molar-refractivity contribution in [3.05, 3.63) is 48.0 Å². The molecule has 0 radical (unpaired) electrons. The van der Waals surface area contributed by atoms with E-state index in [2.05, 4.69) is 4.74 Å². The summed E-state index contributed by atoms with van der Waals surface area (Å²) in [5.41, 5.74) is 1.43. The van der Waals surface area contributed by atoms with Crippen molar-refractivity contribution >= 4 is 21.7 Å². The van der Waals surface area contributed by atoms with Crippen LogP contribution in [0.25, 0.3) is 0 Å². The summed E-state index contributed by atoms with van der Waals surface area (Å²) in [6, 6.07) is 11.3. The second-order valence-corrected chi connectivity index (χ2v) is 8.21. The lowest BCUT2D eigenvalue weighted by atomic mass is 10.0. The highest BCUT2D eigenvalue weighted by Gasteiger charge is 2.28. The molecule has 0 amide bonds. The van der Waals surface area contributed by atoms with Crippen molar-refractivity contribution in [3.63, 3.8) is 0 Å². The maximum Gasteiger partial charge on any atom is 0.326 e. The Labute approximate surface area is 165 Å². The van der Waals surface area contributed by atoms with Crippen LogP contribution >= 0.6 is 0 Å². The number of nitrogens with zero attached hydrogens (tertiary/aromatic N) is 1. The number of carbonyl (C=O) groups excluding carboxylic acids is 1. The van der Waals surface area contributed by atoms with E-state index in [9.17, 15) is 13.2 Å². The highest BCUT2D eigenvalue weighted by Crippen LogP contribution is 2.32. The molecule has 152 valence electrons. The molecule has 0 aliphatic carbocycles. The van der Waals surface area contributed by atoms with Crippen LogP contribution in [0.15, 0.2) is 47.4 Å².